The third-order valence-electron chi connectivity index (χ3n) is 7.50. The highest BCUT2D eigenvalue weighted by atomic mass is 32.2. The Bertz CT molecular complexity index is 1730. The molecule has 0 bridgehead atoms. The Morgan fingerprint density at radius 2 is 1.57 bits per heavy atom. The number of nitrogens with one attached hydrogen (secondary N) is 3. The zero-order valence-electron chi connectivity index (χ0n) is 25.6. The molecule has 1 aliphatic rings. The minimum Gasteiger partial charge on any atom is -0.475 e. The third-order valence-corrected chi connectivity index (χ3v) is 9.43. The molecule has 11 nitrogen and oxygen atoms in total. The van der Waals surface area contributed by atoms with Crippen LogP contribution in [0.3, 0.4) is 0 Å². The van der Waals surface area contributed by atoms with E-state index in [2.05, 4.69) is 38.2 Å². The topological polar surface area (TPSA) is 141 Å². The minimum absolute atomic E-state index is 0.0256. The summed E-state index contributed by atoms with van der Waals surface area (Å²) in [6, 6.07) is 16.8. The van der Waals surface area contributed by atoms with E-state index in [0.717, 1.165) is 32.2 Å². The van der Waals surface area contributed by atoms with Crippen molar-refractivity contribution in [2.75, 3.05) is 17.7 Å². The van der Waals surface area contributed by atoms with Crippen LogP contribution in [0.25, 0.3) is 0 Å². The molecule has 252 valence electrons. The van der Waals surface area contributed by atoms with Crippen molar-refractivity contribution in [3.63, 3.8) is 0 Å². The van der Waals surface area contributed by atoms with E-state index in [9.17, 15) is 26.0 Å². The molecule has 0 aliphatic heterocycles. The average Bonchev–Trinajstić information content (AvgIpc) is 3.46. The first kappa shape index (κ1) is 35.3. The lowest BCUT2D eigenvalue weighted by Gasteiger charge is -2.34. The quantitative estimate of drug-likeness (QED) is 0.153. The van der Waals surface area contributed by atoms with Crippen molar-refractivity contribution in [2.24, 2.45) is 7.05 Å². The number of hydrogen-bond acceptors (Lipinski definition) is 8. The Balaban J connectivity index is 0.000000644. The fourth-order valence-electron chi connectivity index (χ4n) is 4.94. The molecule has 4 aromatic rings. The lowest BCUT2D eigenvalue weighted by Crippen LogP contribution is -2.43. The Kier molecular flexibility index (Phi) is 11.5. The second kappa shape index (κ2) is 15.4. The number of benzene rings is 2. The monoisotopic (exact) mass is 677 g/mol. The van der Waals surface area contributed by atoms with Gasteiger partial charge in [-0.2, -0.15) is 22.5 Å². The summed E-state index contributed by atoms with van der Waals surface area (Å²) in [5, 5.41) is 16.9. The number of aryl methyl sites for hydroxylation is 1. The molecule has 2 heterocycles. The van der Waals surface area contributed by atoms with Crippen LogP contribution in [-0.2, 0) is 28.4 Å². The van der Waals surface area contributed by atoms with Gasteiger partial charge in [0.15, 0.2) is 0 Å². The molecular formula is C31H35F4N7O4S. The van der Waals surface area contributed by atoms with Crippen LogP contribution in [0.4, 0.5) is 40.7 Å². The molecule has 4 N–H and O–H groups in total. The molecule has 1 fully saturated rings. The van der Waals surface area contributed by atoms with Crippen LogP contribution in [-0.4, -0.2) is 63.6 Å². The molecule has 0 atom stereocenters. The van der Waals surface area contributed by atoms with Crippen molar-refractivity contribution >= 4 is 39.1 Å². The molecule has 1 saturated carbocycles. The number of sulfonamides is 1. The molecule has 0 radical (unpaired) electrons. The predicted octanol–water partition coefficient (Wildman–Crippen LogP) is 5.80. The number of carbonyl (C=O) groups is 1. The fourth-order valence-corrected chi connectivity index (χ4v) is 6.36. The molecule has 0 unspecified atom stereocenters. The fraction of sp³-hybridized carbons (Fsp3) is 0.323. The van der Waals surface area contributed by atoms with E-state index in [1.54, 1.807) is 55.7 Å². The van der Waals surface area contributed by atoms with Gasteiger partial charge in [-0.25, -0.2) is 22.6 Å². The molecule has 16 heteroatoms. The van der Waals surface area contributed by atoms with Crippen LogP contribution in [0.15, 0.2) is 84.1 Å². The van der Waals surface area contributed by atoms with Crippen molar-refractivity contribution in [2.45, 2.75) is 55.4 Å². The van der Waals surface area contributed by atoms with Gasteiger partial charge in [-0.1, -0.05) is 0 Å². The molecule has 2 aromatic carbocycles. The summed E-state index contributed by atoms with van der Waals surface area (Å²) in [5.41, 5.74) is 2.61. The predicted molar refractivity (Wildman–Crippen MR) is 168 cm³/mol. The first-order valence-electron chi connectivity index (χ1n) is 14.6. The second-order valence-electron chi connectivity index (χ2n) is 10.9. The molecular weight excluding hydrogens is 642 g/mol. The van der Waals surface area contributed by atoms with Gasteiger partial charge in [-0.3, -0.25) is 0 Å². The van der Waals surface area contributed by atoms with Crippen molar-refractivity contribution in [3.05, 3.63) is 90.6 Å². The van der Waals surface area contributed by atoms with Gasteiger partial charge in [0.2, 0.25) is 16.0 Å². The molecule has 1 aliphatic carbocycles. The van der Waals surface area contributed by atoms with E-state index < -0.39 is 22.2 Å². The van der Waals surface area contributed by atoms with E-state index >= 15 is 0 Å². The number of hydrogen-bond donors (Lipinski definition) is 4. The first-order chi connectivity index (χ1) is 22.2. The number of carboxylic acid groups (broad SMARTS) is 1. The summed E-state index contributed by atoms with van der Waals surface area (Å²) in [6.07, 6.45) is 4.18. The first-order valence-corrected chi connectivity index (χ1v) is 16.0. The normalized spacial score (nSPS) is 16.7. The lowest BCUT2D eigenvalue weighted by molar-refractivity contribution is -0.192. The number of aromatic nitrogens is 3. The Morgan fingerprint density at radius 1 is 0.979 bits per heavy atom. The van der Waals surface area contributed by atoms with Gasteiger partial charge >= 0.3 is 12.1 Å². The van der Waals surface area contributed by atoms with Crippen molar-refractivity contribution in [1.82, 2.24) is 24.2 Å². The average molecular weight is 678 g/mol. The minimum atomic E-state index is -5.08. The summed E-state index contributed by atoms with van der Waals surface area (Å²) >= 11 is 0. The Hall–Kier alpha value is -4.54. The van der Waals surface area contributed by atoms with Gasteiger partial charge in [0.1, 0.15) is 11.6 Å². The molecule has 0 amide bonds. The summed E-state index contributed by atoms with van der Waals surface area (Å²) in [5.74, 6) is -2.19. The van der Waals surface area contributed by atoms with Crippen molar-refractivity contribution in [3.8, 4) is 0 Å². The highest BCUT2D eigenvalue weighted by Crippen LogP contribution is 2.28. The van der Waals surface area contributed by atoms with E-state index in [1.165, 1.54) is 22.0 Å². The van der Waals surface area contributed by atoms with E-state index in [4.69, 9.17) is 9.90 Å². The highest BCUT2D eigenvalue weighted by Gasteiger charge is 2.38. The van der Waals surface area contributed by atoms with Crippen LogP contribution in [0.2, 0.25) is 0 Å². The van der Waals surface area contributed by atoms with Crippen LogP contribution >= 0.6 is 0 Å². The number of rotatable bonds is 10. The van der Waals surface area contributed by atoms with Gasteiger partial charge in [-0.15, -0.1) is 0 Å². The summed E-state index contributed by atoms with van der Waals surface area (Å²) in [7, 11) is 0.0624. The maximum absolute atomic E-state index is 13.4. The van der Waals surface area contributed by atoms with Crippen LogP contribution in [0.5, 0.6) is 0 Å². The molecule has 2 aromatic heterocycles. The van der Waals surface area contributed by atoms with E-state index in [1.807, 2.05) is 17.8 Å². The number of nitrogens with zero attached hydrogens (tertiary/aromatic N) is 4. The van der Waals surface area contributed by atoms with Crippen LogP contribution in [0.1, 0.15) is 31.2 Å². The van der Waals surface area contributed by atoms with Gasteiger partial charge in [0.25, 0.3) is 0 Å². The number of anilines is 4. The third kappa shape index (κ3) is 10.2. The van der Waals surface area contributed by atoms with Gasteiger partial charge < -0.3 is 25.6 Å². The second-order valence-corrected chi connectivity index (χ2v) is 12.9. The number of halogens is 4. The van der Waals surface area contributed by atoms with E-state index in [0.29, 0.717) is 29.2 Å². The lowest BCUT2D eigenvalue weighted by atomic mass is 9.91. The van der Waals surface area contributed by atoms with Crippen molar-refractivity contribution < 1.29 is 35.9 Å². The number of alkyl halides is 3. The molecule has 0 saturated heterocycles. The summed E-state index contributed by atoms with van der Waals surface area (Å²) in [6.45, 7) is 0.824. The SMILES string of the molecule is CN(C1CCC(NCc2ccn(C)c2)CC1)S(=O)(=O)c1ccc(Nc2nccc(Nc3ccc(F)cc3)n2)cc1.O=C(O)C(F)(F)F. The van der Waals surface area contributed by atoms with Crippen LogP contribution in [0, 0.1) is 5.82 Å². The van der Waals surface area contributed by atoms with Crippen molar-refractivity contribution in [1.29, 1.82) is 0 Å². The van der Waals surface area contributed by atoms with E-state index in [-0.39, 0.29) is 16.8 Å². The van der Waals surface area contributed by atoms with Gasteiger partial charge in [0.05, 0.1) is 4.90 Å². The number of aliphatic carboxylic acids is 1. The largest absolute Gasteiger partial charge is 0.490 e. The summed E-state index contributed by atoms with van der Waals surface area (Å²) in [4.78, 5) is 17.8. The highest BCUT2D eigenvalue weighted by molar-refractivity contribution is 7.89. The smallest absolute Gasteiger partial charge is 0.475 e. The molecule has 5 rings (SSSR count). The molecule has 0 spiro atoms. The number of carboxylic acids is 1. The Morgan fingerprint density at radius 3 is 2.15 bits per heavy atom. The van der Waals surface area contributed by atoms with Gasteiger partial charge in [-0.05, 0) is 91.9 Å². The van der Waals surface area contributed by atoms with Crippen LogP contribution < -0.4 is 16.0 Å². The maximum atomic E-state index is 13.4. The standard InChI is InChI=1S/C29H34FN7O2S.C2HF3O2/c1-36-18-16-21(20-36)19-32-23-7-11-26(12-8-23)37(2)40(38,39)27-13-9-25(10-14-27)34-29-31-17-15-28(35-29)33-24-5-3-22(30)4-6-24;3-2(4,5)1(6)7/h3-6,9-10,13-18,20,23,26,32H,7-8,11-12,19H2,1-2H3,(H2,31,33,34,35);(H,6,7). The zero-order valence-corrected chi connectivity index (χ0v) is 26.4. The maximum Gasteiger partial charge on any atom is 0.490 e. The molecule has 47 heavy (non-hydrogen) atoms. The van der Waals surface area contributed by atoms with Gasteiger partial charge in [0, 0.05) is 62.7 Å². The zero-order chi connectivity index (χ0) is 34.2. The summed E-state index contributed by atoms with van der Waals surface area (Å²) < 4.78 is 75.2. The Labute approximate surface area is 269 Å².